The molecule has 2 aromatic carbocycles. The SMILES string of the molecule is CC1CN(c2ccc(Nc3ncc4ccn(Cc5cc(N(C)C)ccc5N(C)S(C)(=O)=O)c4n3)cc2)CCN1. The summed E-state index contributed by atoms with van der Waals surface area (Å²) in [5.74, 6) is 0.501. The van der Waals surface area contributed by atoms with Crippen molar-refractivity contribution in [3.63, 3.8) is 0 Å². The molecule has 1 aliphatic rings. The van der Waals surface area contributed by atoms with Gasteiger partial charge in [0.1, 0.15) is 5.65 Å². The highest BCUT2D eigenvalue weighted by molar-refractivity contribution is 7.92. The lowest BCUT2D eigenvalue weighted by atomic mass is 10.1. The zero-order valence-corrected chi connectivity index (χ0v) is 23.9. The van der Waals surface area contributed by atoms with Gasteiger partial charge in [-0.1, -0.05) is 0 Å². The molecule has 0 saturated carbocycles. The first-order valence-corrected chi connectivity index (χ1v) is 14.8. The average molecular weight is 549 g/mol. The van der Waals surface area contributed by atoms with E-state index in [2.05, 4.69) is 51.7 Å². The highest BCUT2D eigenvalue weighted by Crippen LogP contribution is 2.29. The van der Waals surface area contributed by atoms with E-state index in [1.54, 1.807) is 13.2 Å². The predicted octanol–water partition coefficient (Wildman–Crippen LogP) is 3.48. The van der Waals surface area contributed by atoms with Crippen molar-refractivity contribution in [1.29, 1.82) is 0 Å². The number of nitrogens with one attached hydrogen (secondary N) is 2. The number of anilines is 5. The van der Waals surface area contributed by atoms with Crippen molar-refractivity contribution in [3.05, 3.63) is 66.5 Å². The molecule has 2 aromatic heterocycles. The quantitative estimate of drug-likeness (QED) is 0.345. The Hall–Kier alpha value is -3.83. The van der Waals surface area contributed by atoms with E-state index in [-0.39, 0.29) is 0 Å². The third-order valence-corrected chi connectivity index (χ3v) is 8.31. The fourth-order valence-corrected chi connectivity index (χ4v) is 5.39. The zero-order chi connectivity index (χ0) is 27.7. The van der Waals surface area contributed by atoms with Crippen molar-refractivity contribution >= 4 is 49.8 Å². The third-order valence-electron chi connectivity index (χ3n) is 7.12. The van der Waals surface area contributed by atoms with E-state index in [1.807, 2.05) is 54.0 Å². The number of hydrogen-bond acceptors (Lipinski definition) is 8. The molecular weight excluding hydrogens is 512 g/mol. The van der Waals surface area contributed by atoms with E-state index < -0.39 is 10.0 Å². The number of aromatic nitrogens is 3. The summed E-state index contributed by atoms with van der Waals surface area (Å²) in [6, 6.07) is 16.6. The summed E-state index contributed by atoms with van der Waals surface area (Å²) in [6.45, 7) is 5.62. The van der Waals surface area contributed by atoms with Gasteiger partial charge in [0, 0.05) is 81.7 Å². The van der Waals surface area contributed by atoms with Crippen molar-refractivity contribution in [3.8, 4) is 0 Å². The van der Waals surface area contributed by atoms with Gasteiger partial charge in [-0.2, -0.15) is 4.98 Å². The molecule has 3 heterocycles. The van der Waals surface area contributed by atoms with Crippen LogP contribution in [0.1, 0.15) is 12.5 Å². The third kappa shape index (κ3) is 5.94. The number of fused-ring (bicyclic) bond motifs is 1. The summed E-state index contributed by atoms with van der Waals surface area (Å²) in [4.78, 5) is 13.7. The van der Waals surface area contributed by atoms with Gasteiger partial charge in [0.25, 0.3) is 0 Å². The van der Waals surface area contributed by atoms with E-state index >= 15 is 0 Å². The van der Waals surface area contributed by atoms with Gasteiger partial charge in [-0.05, 0) is 61.0 Å². The van der Waals surface area contributed by atoms with Gasteiger partial charge in [0.15, 0.2) is 0 Å². The number of rotatable bonds is 8. The summed E-state index contributed by atoms with van der Waals surface area (Å²) in [6.07, 6.45) is 4.97. The van der Waals surface area contributed by atoms with Gasteiger partial charge in [0.2, 0.25) is 16.0 Å². The summed E-state index contributed by atoms with van der Waals surface area (Å²) in [5, 5.41) is 7.71. The van der Waals surface area contributed by atoms with E-state index in [0.29, 0.717) is 24.2 Å². The van der Waals surface area contributed by atoms with Crippen LogP contribution in [-0.4, -0.2) is 76.0 Å². The second kappa shape index (κ2) is 10.7. The maximum atomic E-state index is 12.3. The number of sulfonamides is 1. The summed E-state index contributed by atoms with van der Waals surface area (Å²) in [5.41, 5.74) is 5.38. The van der Waals surface area contributed by atoms with Crippen molar-refractivity contribution in [2.45, 2.75) is 19.5 Å². The van der Waals surface area contributed by atoms with Crippen LogP contribution in [0.2, 0.25) is 0 Å². The minimum absolute atomic E-state index is 0.453. The molecule has 0 amide bonds. The minimum atomic E-state index is -3.42. The number of piperazine rings is 1. The first-order chi connectivity index (χ1) is 18.6. The normalized spacial score (nSPS) is 15.9. The molecule has 11 heteroatoms. The van der Waals surface area contributed by atoms with Crippen molar-refractivity contribution in [2.75, 3.05) is 66.5 Å². The number of benzene rings is 2. The van der Waals surface area contributed by atoms with E-state index in [0.717, 1.165) is 47.6 Å². The maximum Gasteiger partial charge on any atom is 0.232 e. The van der Waals surface area contributed by atoms with Crippen LogP contribution in [0.25, 0.3) is 11.0 Å². The molecule has 0 radical (unpaired) electrons. The lowest BCUT2D eigenvalue weighted by Gasteiger charge is -2.33. The largest absolute Gasteiger partial charge is 0.378 e. The minimum Gasteiger partial charge on any atom is -0.378 e. The Morgan fingerprint density at radius 1 is 1.10 bits per heavy atom. The highest BCUT2D eigenvalue weighted by atomic mass is 32.2. The molecule has 10 nitrogen and oxygen atoms in total. The number of nitrogens with zero attached hydrogens (tertiary/aromatic N) is 6. The summed E-state index contributed by atoms with van der Waals surface area (Å²) >= 11 is 0. The molecule has 1 atom stereocenters. The smallest absolute Gasteiger partial charge is 0.232 e. The lowest BCUT2D eigenvalue weighted by Crippen LogP contribution is -2.49. The molecule has 1 aliphatic heterocycles. The first kappa shape index (κ1) is 26.8. The molecule has 1 unspecified atom stereocenters. The van der Waals surface area contributed by atoms with Crippen molar-refractivity contribution in [1.82, 2.24) is 19.9 Å². The second-order valence-electron chi connectivity index (χ2n) is 10.3. The van der Waals surface area contributed by atoms with Crippen LogP contribution in [0.5, 0.6) is 0 Å². The second-order valence-corrected chi connectivity index (χ2v) is 12.3. The van der Waals surface area contributed by atoms with Crippen LogP contribution in [0.15, 0.2) is 60.9 Å². The number of hydrogen-bond donors (Lipinski definition) is 2. The zero-order valence-electron chi connectivity index (χ0n) is 23.1. The molecule has 5 rings (SSSR count). The lowest BCUT2D eigenvalue weighted by molar-refractivity contribution is 0.485. The van der Waals surface area contributed by atoms with E-state index in [9.17, 15) is 8.42 Å². The molecule has 1 fully saturated rings. The van der Waals surface area contributed by atoms with Crippen LogP contribution < -0.4 is 24.7 Å². The molecule has 4 aromatic rings. The molecule has 0 spiro atoms. The highest BCUT2D eigenvalue weighted by Gasteiger charge is 2.18. The Bertz CT molecular complexity index is 1570. The van der Waals surface area contributed by atoms with Gasteiger partial charge in [-0.15, -0.1) is 0 Å². The Labute approximate surface area is 230 Å². The van der Waals surface area contributed by atoms with E-state index in [4.69, 9.17) is 4.98 Å². The fraction of sp³-hybridized carbons (Fsp3) is 0.357. The van der Waals surface area contributed by atoms with Crippen molar-refractivity contribution < 1.29 is 8.42 Å². The van der Waals surface area contributed by atoms with Gasteiger partial charge >= 0.3 is 0 Å². The fourth-order valence-electron chi connectivity index (χ4n) is 4.86. The van der Waals surface area contributed by atoms with Gasteiger partial charge in [-0.3, -0.25) is 4.31 Å². The molecule has 39 heavy (non-hydrogen) atoms. The molecule has 2 N–H and O–H groups in total. The molecule has 0 bridgehead atoms. The Balaban J connectivity index is 1.40. The average Bonchev–Trinajstić information content (AvgIpc) is 3.30. The monoisotopic (exact) mass is 548 g/mol. The Morgan fingerprint density at radius 2 is 1.87 bits per heavy atom. The van der Waals surface area contributed by atoms with Gasteiger partial charge in [0.05, 0.1) is 18.5 Å². The molecule has 206 valence electrons. The van der Waals surface area contributed by atoms with Crippen LogP contribution in [0.4, 0.5) is 28.7 Å². The van der Waals surface area contributed by atoms with Crippen LogP contribution >= 0.6 is 0 Å². The first-order valence-electron chi connectivity index (χ1n) is 13.0. The van der Waals surface area contributed by atoms with Crippen LogP contribution in [0.3, 0.4) is 0 Å². The topological polar surface area (TPSA) is 98.6 Å². The predicted molar refractivity (Wildman–Crippen MR) is 160 cm³/mol. The van der Waals surface area contributed by atoms with E-state index in [1.165, 1.54) is 16.2 Å². The van der Waals surface area contributed by atoms with Gasteiger partial charge in [-0.25, -0.2) is 13.4 Å². The molecule has 0 aliphatic carbocycles. The van der Waals surface area contributed by atoms with Crippen molar-refractivity contribution in [2.24, 2.45) is 0 Å². The van der Waals surface area contributed by atoms with Gasteiger partial charge < -0.3 is 25.0 Å². The maximum absolute atomic E-state index is 12.3. The molecule has 1 saturated heterocycles. The summed E-state index contributed by atoms with van der Waals surface area (Å²) in [7, 11) is 2.09. The van der Waals surface area contributed by atoms with Crippen LogP contribution in [0, 0.1) is 0 Å². The summed E-state index contributed by atoms with van der Waals surface area (Å²) < 4.78 is 28.0. The standard InChI is InChI=1S/C28H36N8O2S/c1-20-18-35(15-13-29-20)24-8-6-23(7-9-24)31-28-30-17-21-12-14-36(27(21)32-28)19-22-16-25(33(2)3)10-11-26(22)34(4)39(5,37)38/h6-12,14,16-17,20,29H,13,15,18-19H2,1-5H3,(H,30,31,32). The van der Waals surface area contributed by atoms with Crippen LogP contribution in [-0.2, 0) is 16.6 Å². The Kier molecular flexibility index (Phi) is 7.37. The Morgan fingerprint density at radius 3 is 2.56 bits per heavy atom. The molecular formula is C28H36N8O2S.